The van der Waals surface area contributed by atoms with Crippen LogP contribution in [0.3, 0.4) is 0 Å². The SMILES string of the molecule is CCN(CCO)C(=O)c1ccccc1Cl. The minimum absolute atomic E-state index is 0.0377. The fraction of sp³-hybridized carbons (Fsp3) is 0.364. The second kappa shape index (κ2) is 5.73. The van der Waals surface area contributed by atoms with Crippen molar-refractivity contribution in [2.75, 3.05) is 19.7 Å². The van der Waals surface area contributed by atoms with Gasteiger partial charge in [0.15, 0.2) is 0 Å². The van der Waals surface area contributed by atoms with Crippen molar-refractivity contribution in [1.82, 2.24) is 4.90 Å². The molecule has 1 N–H and O–H groups in total. The average Bonchev–Trinajstić information content (AvgIpc) is 2.25. The molecule has 0 aliphatic rings. The maximum absolute atomic E-state index is 11.9. The molecule has 0 saturated heterocycles. The first-order chi connectivity index (χ1) is 7.20. The molecule has 1 rings (SSSR count). The van der Waals surface area contributed by atoms with E-state index < -0.39 is 0 Å². The molecule has 0 saturated carbocycles. The van der Waals surface area contributed by atoms with Crippen LogP contribution < -0.4 is 0 Å². The number of halogens is 1. The maximum Gasteiger partial charge on any atom is 0.255 e. The van der Waals surface area contributed by atoms with Gasteiger partial charge in [-0.15, -0.1) is 0 Å². The highest BCUT2D eigenvalue weighted by molar-refractivity contribution is 6.33. The fourth-order valence-corrected chi connectivity index (χ4v) is 1.55. The summed E-state index contributed by atoms with van der Waals surface area (Å²) in [7, 11) is 0. The van der Waals surface area contributed by atoms with Gasteiger partial charge < -0.3 is 10.0 Å². The Hall–Kier alpha value is -1.06. The topological polar surface area (TPSA) is 40.5 Å². The van der Waals surface area contributed by atoms with Crippen molar-refractivity contribution in [3.63, 3.8) is 0 Å². The van der Waals surface area contributed by atoms with Gasteiger partial charge in [-0.3, -0.25) is 4.79 Å². The van der Waals surface area contributed by atoms with E-state index in [4.69, 9.17) is 16.7 Å². The highest BCUT2D eigenvalue weighted by Crippen LogP contribution is 2.16. The van der Waals surface area contributed by atoms with Crippen LogP contribution in [0.1, 0.15) is 17.3 Å². The molecular formula is C11H14ClNO2. The molecule has 0 radical (unpaired) electrons. The van der Waals surface area contributed by atoms with Crippen LogP contribution in [-0.2, 0) is 0 Å². The first-order valence-corrected chi connectivity index (χ1v) is 5.23. The molecule has 0 atom stereocenters. The molecule has 0 fully saturated rings. The molecule has 0 spiro atoms. The molecule has 0 bridgehead atoms. The lowest BCUT2D eigenvalue weighted by Crippen LogP contribution is -2.33. The first-order valence-electron chi connectivity index (χ1n) is 4.85. The van der Waals surface area contributed by atoms with Gasteiger partial charge >= 0.3 is 0 Å². The number of aliphatic hydroxyl groups excluding tert-OH is 1. The van der Waals surface area contributed by atoms with E-state index in [1.807, 2.05) is 6.92 Å². The van der Waals surface area contributed by atoms with Crippen molar-refractivity contribution >= 4 is 17.5 Å². The van der Waals surface area contributed by atoms with Gasteiger partial charge in [0, 0.05) is 13.1 Å². The lowest BCUT2D eigenvalue weighted by atomic mass is 10.2. The molecule has 1 amide bonds. The van der Waals surface area contributed by atoms with Gasteiger partial charge in [-0.1, -0.05) is 23.7 Å². The third-order valence-electron chi connectivity index (χ3n) is 2.14. The van der Waals surface area contributed by atoms with E-state index >= 15 is 0 Å². The summed E-state index contributed by atoms with van der Waals surface area (Å²) in [5, 5.41) is 9.25. The van der Waals surface area contributed by atoms with Crippen LogP contribution in [0.25, 0.3) is 0 Å². The lowest BCUT2D eigenvalue weighted by Gasteiger charge is -2.20. The molecule has 0 aliphatic carbocycles. The smallest absolute Gasteiger partial charge is 0.255 e. The van der Waals surface area contributed by atoms with Crippen molar-refractivity contribution in [1.29, 1.82) is 0 Å². The Morgan fingerprint density at radius 1 is 1.47 bits per heavy atom. The van der Waals surface area contributed by atoms with Crippen LogP contribution in [0.4, 0.5) is 0 Å². The number of hydrogen-bond donors (Lipinski definition) is 1. The highest BCUT2D eigenvalue weighted by Gasteiger charge is 2.15. The number of carbonyl (C=O) groups excluding carboxylic acids is 1. The summed E-state index contributed by atoms with van der Waals surface area (Å²) in [6.07, 6.45) is 0. The Morgan fingerprint density at radius 2 is 2.13 bits per heavy atom. The predicted molar refractivity (Wildman–Crippen MR) is 60.1 cm³/mol. The number of nitrogens with zero attached hydrogens (tertiary/aromatic N) is 1. The zero-order chi connectivity index (χ0) is 11.3. The summed E-state index contributed by atoms with van der Waals surface area (Å²) < 4.78 is 0. The van der Waals surface area contributed by atoms with Crippen molar-refractivity contribution in [3.05, 3.63) is 34.9 Å². The zero-order valence-electron chi connectivity index (χ0n) is 8.61. The number of amides is 1. The summed E-state index contributed by atoms with van der Waals surface area (Å²) in [6, 6.07) is 6.92. The summed E-state index contributed by atoms with van der Waals surface area (Å²) in [4.78, 5) is 13.5. The quantitative estimate of drug-likeness (QED) is 0.852. The Bertz CT molecular complexity index is 341. The van der Waals surface area contributed by atoms with Crippen LogP contribution >= 0.6 is 11.6 Å². The van der Waals surface area contributed by atoms with Crippen molar-refractivity contribution in [3.8, 4) is 0 Å². The Labute approximate surface area is 94.3 Å². The first kappa shape index (κ1) is 12.0. The van der Waals surface area contributed by atoms with Gasteiger partial charge in [-0.2, -0.15) is 0 Å². The fourth-order valence-electron chi connectivity index (χ4n) is 1.33. The molecule has 0 unspecified atom stereocenters. The van der Waals surface area contributed by atoms with Crippen molar-refractivity contribution in [2.45, 2.75) is 6.92 Å². The number of hydrogen-bond acceptors (Lipinski definition) is 2. The second-order valence-corrected chi connectivity index (χ2v) is 3.50. The number of benzene rings is 1. The summed E-state index contributed by atoms with van der Waals surface area (Å²) in [6.45, 7) is 2.72. The van der Waals surface area contributed by atoms with Crippen molar-refractivity contribution < 1.29 is 9.90 Å². The number of carbonyl (C=O) groups is 1. The normalized spacial score (nSPS) is 10.1. The van der Waals surface area contributed by atoms with Crippen LogP contribution in [0.15, 0.2) is 24.3 Å². The Kier molecular flexibility index (Phi) is 4.59. The third kappa shape index (κ3) is 2.94. The summed E-state index contributed by atoms with van der Waals surface area (Å²) in [5.41, 5.74) is 0.481. The van der Waals surface area contributed by atoms with Crippen LogP contribution in [-0.4, -0.2) is 35.6 Å². The molecule has 1 aromatic rings. The Morgan fingerprint density at radius 3 is 2.67 bits per heavy atom. The number of likely N-dealkylation sites (N-methyl/N-ethyl adjacent to an activating group) is 1. The van der Waals surface area contributed by atoms with E-state index in [0.717, 1.165) is 0 Å². The highest BCUT2D eigenvalue weighted by atomic mass is 35.5. The summed E-state index contributed by atoms with van der Waals surface area (Å²) in [5.74, 6) is -0.142. The van der Waals surface area contributed by atoms with Crippen LogP contribution in [0, 0.1) is 0 Å². The standard InChI is InChI=1S/C11H14ClNO2/c1-2-13(7-8-14)11(15)9-5-3-4-6-10(9)12/h3-6,14H,2,7-8H2,1H3. The molecule has 4 heteroatoms. The van der Waals surface area contributed by atoms with Crippen LogP contribution in [0.5, 0.6) is 0 Å². The molecule has 15 heavy (non-hydrogen) atoms. The molecule has 3 nitrogen and oxygen atoms in total. The monoisotopic (exact) mass is 227 g/mol. The van der Waals surface area contributed by atoms with Gasteiger partial charge in [0.1, 0.15) is 0 Å². The van der Waals surface area contributed by atoms with Gasteiger partial charge in [0.05, 0.1) is 17.2 Å². The van der Waals surface area contributed by atoms with E-state index in [0.29, 0.717) is 23.7 Å². The average molecular weight is 228 g/mol. The predicted octanol–water partition coefficient (Wildman–Crippen LogP) is 1.79. The zero-order valence-corrected chi connectivity index (χ0v) is 9.37. The van der Waals surface area contributed by atoms with Gasteiger partial charge in [-0.25, -0.2) is 0 Å². The molecule has 82 valence electrons. The van der Waals surface area contributed by atoms with Gasteiger partial charge in [0.2, 0.25) is 0 Å². The summed E-state index contributed by atoms with van der Waals surface area (Å²) >= 11 is 5.91. The molecule has 0 aliphatic heterocycles. The minimum atomic E-state index is -0.142. The molecule has 1 aromatic carbocycles. The maximum atomic E-state index is 11.9. The van der Waals surface area contributed by atoms with Gasteiger partial charge in [0.25, 0.3) is 5.91 Å². The molecule has 0 heterocycles. The number of aliphatic hydroxyl groups is 1. The van der Waals surface area contributed by atoms with E-state index in [2.05, 4.69) is 0 Å². The second-order valence-electron chi connectivity index (χ2n) is 3.09. The molecular weight excluding hydrogens is 214 g/mol. The van der Waals surface area contributed by atoms with E-state index in [-0.39, 0.29) is 12.5 Å². The third-order valence-corrected chi connectivity index (χ3v) is 2.47. The lowest BCUT2D eigenvalue weighted by molar-refractivity contribution is 0.0732. The van der Waals surface area contributed by atoms with Crippen molar-refractivity contribution in [2.24, 2.45) is 0 Å². The number of rotatable bonds is 4. The van der Waals surface area contributed by atoms with Gasteiger partial charge in [-0.05, 0) is 19.1 Å². The van der Waals surface area contributed by atoms with E-state index in [9.17, 15) is 4.79 Å². The minimum Gasteiger partial charge on any atom is -0.395 e. The van der Waals surface area contributed by atoms with Crippen LogP contribution in [0.2, 0.25) is 5.02 Å². The van der Waals surface area contributed by atoms with E-state index in [1.165, 1.54) is 0 Å². The largest absolute Gasteiger partial charge is 0.395 e. The molecule has 0 aromatic heterocycles. The Balaban J connectivity index is 2.88. The van der Waals surface area contributed by atoms with E-state index in [1.54, 1.807) is 29.2 Å².